The average Bonchev–Trinajstić information content (AvgIpc) is 2.64. The lowest BCUT2D eigenvalue weighted by molar-refractivity contribution is -0.139. The number of nitrogens with zero attached hydrogens (tertiary/aromatic N) is 1. The molecule has 1 atom stereocenters. The van der Waals surface area contributed by atoms with Crippen molar-refractivity contribution in [3.8, 4) is 11.5 Å². The molecule has 2 rings (SSSR count). The Morgan fingerprint density at radius 1 is 1.28 bits per heavy atom. The monoisotopic (exact) mass is 427 g/mol. The van der Waals surface area contributed by atoms with E-state index in [1.807, 2.05) is 0 Å². The summed E-state index contributed by atoms with van der Waals surface area (Å²) in [6.07, 6.45) is 1.29. The molecule has 29 heavy (non-hydrogen) atoms. The first kappa shape index (κ1) is 22.6. The van der Waals surface area contributed by atoms with Crippen LogP contribution >= 0.6 is 7.82 Å². The predicted molar refractivity (Wildman–Crippen MR) is 102 cm³/mol. The van der Waals surface area contributed by atoms with Crippen molar-refractivity contribution in [2.24, 2.45) is 0 Å². The van der Waals surface area contributed by atoms with E-state index in [-0.39, 0.29) is 41.4 Å². The Hall–Kier alpha value is -2.69. The molecule has 0 aliphatic rings. The number of nitrogens with one attached hydrogen (secondary N) is 2. The molecular weight excluding hydrogens is 405 g/mol. The van der Waals surface area contributed by atoms with Gasteiger partial charge >= 0.3 is 13.8 Å². The zero-order valence-electron chi connectivity index (χ0n) is 15.4. The summed E-state index contributed by atoms with van der Waals surface area (Å²) in [7, 11) is -4.74. The third kappa shape index (κ3) is 6.70. The molecule has 7 N–H and O–H groups in total. The largest absolute Gasteiger partial charge is 0.506 e. The van der Waals surface area contributed by atoms with Crippen LogP contribution in [-0.2, 0) is 27.0 Å². The molecule has 0 aliphatic heterocycles. The van der Waals surface area contributed by atoms with Crippen molar-refractivity contribution in [1.29, 1.82) is 0 Å². The van der Waals surface area contributed by atoms with Crippen LogP contribution in [0, 0.1) is 6.92 Å². The second kappa shape index (κ2) is 9.68. The van der Waals surface area contributed by atoms with Crippen molar-refractivity contribution in [2.45, 2.75) is 26.1 Å². The minimum Gasteiger partial charge on any atom is -0.506 e. The zero-order valence-corrected chi connectivity index (χ0v) is 16.3. The Morgan fingerprint density at radius 2 is 1.97 bits per heavy atom. The van der Waals surface area contributed by atoms with Gasteiger partial charge in [0.15, 0.2) is 0 Å². The molecule has 0 radical (unpaired) electrons. The number of phosphoric ester groups is 1. The van der Waals surface area contributed by atoms with Crippen LogP contribution in [0.5, 0.6) is 11.5 Å². The Bertz CT molecular complexity index is 918. The molecule has 0 amide bonds. The van der Waals surface area contributed by atoms with Crippen LogP contribution in [0.2, 0.25) is 0 Å². The number of aromatic hydroxyl groups is 2. The number of carboxylic acid groups (broad SMARTS) is 1. The fraction of sp³-hybridized carbons (Fsp3) is 0.294. The fourth-order valence-corrected chi connectivity index (χ4v) is 2.77. The van der Waals surface area contributed by atoms with Gasteiger partial charge < -0.3 is 30.4 Å². The summed E-state index contributed by atoms with van der Waals surface area (Å²) >= 11 is 0. The number of carboxylic acids is 1. The van der Waals surface area contributed by atoms with E-state index in [0.717, 1.165) is 0 Å². The summed E-state index contributed by atoms with van der Waals surface area (Å²) < 4.78 is 15.4. The predicted octanol–water partition coefficient (Wildman–Crippen LogP) is 1.07. The van der Waals surface area contributed by atoms with Crippen molar-refractivity contribution >= 4 is 19.5 Å². The number of hydrogen-bond acceptors (Lipinski definition) is 8. The molecule has 1 aromatic heterocycles. The number of aromatic nitrogens is 1. The second-order valence-corrected chi connectivity index (χ2v) is 7.37. The van der Waals surface area contributed by atoms with Gasteiger partial charge in [0, 0.05) is 30.4 Å². The minimum atomic E-state index is -4.74. The van der Waals surface area contributed by atoms with Crippen molar-refractivity contribution in [2.75, 3.05) is 11.9 Å². The van der Waals surface area contributed by atoms with Gasteiger partial charge in [0.05, 0.1) is 18.0 Å². The number of phosphoric acid groups is 1. The van der Waals surface area contributed by atoms with Gasteiger partial charge in [-0.3, -0.25) is 19.6 Å². The van der Waals surface area contributed by atoms with Crippen molar-refractivity contribution in [3.05, 3.63) is 47.3 Å². The summed E-state index contributed by atoms with van der Waals surface area (Å²) in [5.41, 5.74) is 1.03. The van der Waals surface area contributed by atoms with Gasteiger partial charge in [0.25, 0.3) is 0 Å². The Balaban J connectivity index is 2.12. The Labute approximate surface area is 166 Å². The maximum absolute atomic E-state index is 11.6. The molecule has 1 aromatic carbocycles. The third-order valence-electron chi connectivity index (χ3n) is 4.04. The third-order valence-corrected chi connectivity index (χ3v) is 4.51. The number of para-hydroxylation sites is 2. The van der Waals surface area contributed by atoms with Crippen LogP contribution in [-0.4, -0.2) is 48.6 Å². The van der Waals surface area contributed by atoms with Crippen molar-refractivity contribution < 1.29 is 39.0 Å². The smallest absolute Gasteiger partial charge is 0.469 e. The quantitative estimate of drug-likeness (QED) is 0.213. The normalized spacial score (nSPS) is 12.5. The van der Waals surface area contributed by atoms with Crippen LogP contribution in [0.25, 0.3) is 0 Å². The van der Waals surface area contributed by atoms with E-state index in [0.29, 0.717) is 5.69 Å². The van der Waals surface area contributed by atoms with Gasteiger partial charge in [-0.2, -0.15) is 0 Å². The van der Waals surface area contributed by atoms with E-state index >= 15 is 0 Å². The highest BCUT2D eigenvalue weighted by Gasteiger charge is 2.21. The van der Waals surface area contributed by atoms with Crippen LogP contribution in [0.3, 0.4) is 0 Å². The molecule has 0 saturated heterocycles. The highest BCUT2D eigenvalue weighted by Crippen LogP contribution is 2.38. The van der Waals surface area contributed by atoms with Gasteiger partial charge in [-0.15, -0.1) is 0 Å². The van der Waals surface area contributed by atoms with E-state index in [1.54, 1.807) is 18.2 Å². The van der Waals surface area contributed by atoms with Crippen molar-refractivity contribution in [1.82, 2.24) is 10.3 Å². The number of phenols is 1. The van der Waals surface area contributed by atoms with E-state index in [9.17, 15) is 24.7 Å². The fourth-order valence-electron chi connectivity index (χ4n) is 2.47. The number of hydrogen-bond donors (Lipinski definition) is 7. The average molecular weight is 427 g/mol. The molecule has 0 bridgehead atoms. The van der Waals surface area contributed by atoms with E-state index < -0.39 is 26.4 Å². The summed E-state index contributed by atoms with van der Waals surface area (Å²) in [5.74, 6) is -1.44. The number of pyridine rings is 1. The molecule has 0 fully saturated rings. The molecule has 0 aliphatic carbocycles. The van der Waals surface area contributed by atoms with E-state index in [2.05, 4.69) is 20.1 Å². The molecule has 158 valence electrons. The maximum atomic E-state index is 11.6. The van der Waals surface area contributed by atoms with E-state index in [1.165, 1.54) is 19.2 Å². The molecule has 2 aromatic rings. The molecule has 0 spiro atoms. The van der Waals surface area contributed by atoms with Crippen LogP contribution in [0.1, 0.15) is 16.8 Å². The number of aryl methyl sites for hydroxylation is 1. The Kier molecular flexibility index (Phi) is 7.54. The lowest BCUT2D eigenvalue weighted by atomic mass is 10.1. The molecule has 0 saturated carbocycles. The lowest BCUT2D eigenvalue weighted by Gasteiger charge is -2.19. The van der Waals surface area contributed by atoms with Crippen molar-refractivity contribution in [3.63, 3.8) is 0 Å². The second-order valence-electron chi connectivity index (χ2n) is 6.13. The maximum Gasteiger partial charge on any atom is 0.469 e. The highest BCUT2D eigenvalue weighted by molar-refractivity contribution is 7.46. The standard InChI is InChI=1S/C17H22N3O8P/c1-10-16(22)12(11(6-18-10)9-28-29(25,26)27)7-19-14(17(23)24)8-20-13-4-2-3-5-15(13)21/h2-6,14,19-22H,7-9H2,1H3,(H,23,24)(H2,25,26,27). The number of aliphatic carboxylic acids is 1. The lowest BCUT2D eigenvalue weighted by Crippen LogP contribution is -2.42. The summed E-state index contributed by atoms with van der Waals surface area (Å²) in [5, 5.41) is 35.0. The molecule has 1 unspecified atom stereocenters. The number of phenolic OH excluding ortho intramolecular Hbond substituents is 1. The van der Waals surface area contributed by atoms with Crippen LogP contribution < -0.4 is 10.6 Å². The van der Waals surface area contributed by atoms with Gasteiger partial charge in [0.1, 0.15) is 17.5 Å². The van der Waals surface area contributed by atoms with Crippen LogP contribution in [0.4, 0.5) is 5.69 Å². The minimum absolute atomic E-state index is 0.0316. The summed E-state index contributed by atoms with van der Waals surface area (Å²) in [6, 6.07) is 5.25. The van der Waals surface area contributed by atoms with Gasteiger partial charge in [-0.05, 0) is 19.1 Å². The first-order valence-electron chi connectivity index (χ1n) is 8.43. The Morgan fingerprint density at radius 3 is 2.59 bits per heavy atom. The van der Waals surface area contributed by atoms with Gasteiger partial charge in [-0.1, -0.05) is 12.1 Å². The molecule has 1 heterocycles. The van der Waals surface area contributed by atoms with Gasteiger partial charge in [-0.25, -0.2) is 4.57 Å². The molecule has 12 heteroatoms. The number of anilines is 1. The van der Waals surface area contributed by atoms with Crippen LogP contribution in [0.15, 0.2) is 30.5 Å². The number of rotatable bonds is 10. The summed E-state index contributed by atoms with van der Waals surface area (Å²) in [6.45, 7) is 0.803. The zero-order chi connectivity index (χ0) is 21.6. The topological polar surface area (TPSA) is 181 Å². The first-order valence-corrected chi connectivity index (χ1v) is 9.96. The van der Waals surface area contributed by atoms with E-state index in [4.69, 9.17) is 9.79 Å². The number of carbonyl (C=O) groups is 1. The highest BCUT2D eigenvalue weighted by atomic mass is 31.2. The van der Waals surface area contributed by atoms with Gasteiger partial charge in [0.2, 0.25) is 0 Å². The molecular formula is C17H22N3O8P. The molecule has 11 nitrogen and oxygen atoms in total. The summed E-state index contributed by atoms with van der Waals surface area (Å²) in [4.78, 5) is 33.2. The number of benzene rings is 1. The first-order chi connectivity index (χ1) is 13.6. The SMILES string of the molecule is Cc1ncc(COP(=O)(O)O)c(CNC(CNc2ccccc2O)C(=O)O)c1O.